The second-order valence-corrected chi connectivity index (χ2v) is 8.24. The van der Waals surface area contributed by atoms with Crippen LogP contribution in [-0.2, 0) is 16.1 Å². The average Bonchev–Trinajstić information content (AvgIpc) is 3.29. The molecule has 1 aromatic heterocycles. The molecular weight excluding hydrogens is 370 g/mol. The first-order valence-electron chi connectivity index (χ1n) is 10.6. The lowest BCUT2D eigenvalue weighted by molar-refractivity contribution is -0.152. The molecule has 2 aliphatic carbocycles. The van der Waals surface area contributed by atoms with Crippen molar-refractivity contribution in [2.75, 3.05) is 0 Å². The van der Waals surface area contributed by atoms with Gasteiger partial charge in [-0.25, -0.2) is 5.48 Å². The molecule has 29 heavy (non-hydrogen) atoms. The molecule has 1 heterocycles. The Morgan fingerprint density at radius 3 is 2.21 bits per heavy atom. The number of hydrogen-bond acceptors (Lipinski definition) is 5. The molecule has 0 aliphatic heterocycles. The Labute approximate surface area is 171 Å². The third kappa shape index (κ3) is 5.03. The predicted octanol–water partition coefficient (Wildman–Crippen LogP) is 3.28. The summed E-state index contributed by atoms with van der Waals surface area (Å²) < 4.78 is 0. The van der Waals surface area contributed by atoms with Crippen molar-refractivity contribution in [1.29, 1.82) is 0 Å². The molecule has 0 unspecified atom stereocenters. The van der Waals surface area contributed by atoms with Crippen LogP contribution in [0.2, 0.25) is 0 Å². The van der Waals surface area contributed by atoms with Gasteiger partial charge in [-0.2, -0.15) is 0 Å². The summed E-state index contributed by atoms with van der Waals surface area (Å²) in [6.07, 6.45) is 13.9. The zero-order chi connectivity index (χ0) is 20.7. The third-order valence-corrected chi connectivity index (χ3v) is 6.55. The molecule has 7 nitrogen and oxygen atoms in total. The molecule has 0 bridgehead atoms. The van der Waals surface area contributed by atoms with Gasteiger partial charge in [-0.15, -0.1) is 0 Å². The van der Waals surface area contributed by atoms with Crippen LogP contribution < -0.4 is 10.8 Å². The molecule has 0 aromatic carbocycles. The van der Waals surface area contributed by atoms with Gasteiger partial charge in [-0.05, 0) is 55.2 Å². The van der Waals surface area contributed by atoms with Crippen molar-refractivity contribution in [3.05, 3.63) is 35.7 Å². The first-order chi connectivity index (χ1) is 14.1. The molecule has 158 valence electrons. The van der Waals surface area contributed by atoms with Crippen molar-refractivity contribution in [2.24, 2.45) is 11.8 Å². The van der Waals surface area contributed by atoms with Crippen molar-refractivity contribution in [1.82, 2.24) is 15.8 Å². The SMILES string of the molecule is O=C(C=Cc1ccc(CN[C@](C(=O)O)(C2CCCCC2)C2CCCC2)nc1)NO. The number of nitrogens with one attached hydrogen (secondary N) is 2. The first kappa shape index (κ1) is 21.5. The van der Waals surface area contributed by atoms with E-state index in [1.165, 1.54) is 12.5 Å². The minimum Gasteiger partial charge on any atom is -0.480 e. The normalized spacial score (nSPS) is 20.6. The molecule has 0 saturated heterocycles. The molecule has 2 aliphatic rings. The van der Waals surface area contributed by atoms with Crippen molar-refractivity contribution in [3.8, 4) is 0 Å². The van der Waals surface area contributed by atoms with Gasteiger partial charge in [-0.3, -0.25) is 25.1 Å². The van der Waals surface area contributed by atoms with Crippen molar-refractivity contribution in [3.63, 3.8) is 0 Å². The van der Waals surface area contributed by atoms with E-state index >= 15 is 0 Å². The van der Waals surface area contributed by atoms with Gasteiger partial charge in [0.05, 0.1) is 5.69 Å². The van der Waals surface area contributed by atoms with Crippen LogP contribution in [0.5, 0.6) is 0 Å². The van der Waals surface area contributed by atoms with E-state index in [-0.39, 0.29) is 11.8 Å². The van der Waals surface area contributed by atoms with E-state index in [9.17, 15) is 14.7 Å². The summed E-state index contributed by atoms with van der Waals surface area (Å²) in [5.41, 5.74) is 2.16. The van der Waals surface area contributed by atoms with Crippen LogP contribution in [0, 0.1) is 11.8 Å². The second kappa shape index (κ2) is 9.98. The Morgan fingerprint density at radius 1 is 1.07 bits per heavy atom. The van der Waals surface area contributed by atoms with Crippen molar-refractivity contribution < 1.29 is 19.9 Å². The summed E-state index contributed by atoms with van der Waals surface area (Å²) in [6, 6.07) is 3.66. The largest absolute Gasteiger partial charge is 0.480 e. The standard InChI is InChI=1S/C22H31N3O4/c26-20(25-29)13-11-16-10-12-19(23-14-16)15-24-22(21(27)28,18-8-4-5-9-18)17-6-2-1-3-7-17/h10-14,17-18,24,29H,1-9,15H2,(H,25,26)(H,27,28)/t22-/m1/s1. The molecule has 0 radical (unpaired) electrons. The Bertz CT molecular complexity index is 722. The summed E-state index contributed by atoms with van der Waals surface area (Å²) in [5, 5.41) is 22.3. The fraction of sp³-hybridized carbons (Fsp3) is 0.591. The highest BCUT2D eigenvalue weighted by Crippen LogP contribution is 2.44. The number of nitrogens with zero attached hydrogens (tertiary/aromatic N) is 1. The number of aromatic nitrogens is 1. The van der Waals surface area contributed by atoms with Gasteiger partial charge in [0.1, 0.15) is 5.54 Å². The molecule has 4 N–H and O–H groups in total. The van der Waals surface area contributed by atoms with Crippen LogP contribution in [0.3, 0.4) is 0 Å². The fourth-order valence-corrected chi connectivity index (χ4v) is 5.07. The monoisotopic (exact) mass is 401 g/mol. The van der Waals surface area contributed by atoms with Crippen LogP contribution in [0.1, 0.15) is 69.0 Å². The number of carboxylic acids is 1. The molecule has 1 amide bonds. The average molecular weight is 402 g/mol. The number of carboxylic acid groups (broad SMARTS) is 1. The maximum Gasteiger partial charge on any atom is 0.324 e. The third-order valence-electron chi connectivity index (χ3n) is 6.55. The van der Waals surface area contributed by atoms with E-state index in [2.05, 4.69) is 10.3 Å². The number of hydroxylamine groups is 1. The number of aliphatic carboxylic acids is 1. The number of pyridine rings is 1. The minimum atomic E-state index is -0.879. The minimum absolute atomic E-state index is 0.163. The molecule has 7 heteroatoms. The number of hydrogen-bond donors (Lipinski definition) is 4. The molecule has 1 atom stereocenters. The lowest BCUT2D eigenvalue weighted by Gasteiger charge is -2.44. The summed E-state index contributed by atoms with van der Waals surface area (Å²) in [4.78, 5) is 28.1. The molecular formula is C22H31N3O4. The highest BCUT2D eigenvalue weighted by Gasteiger charge is 2.51. The highest BCUT2D eigenvalue weighted by molar-refractivity contribution is 5.90. The Balaban J connectivity index is 1.75. The first-order valence-corrected chi connectivity index (χ1v) is 10.6. The van der Waals surface area contributed by atoms with Gasteiger partial charge in [0.15, 0.2) is 0 Å². The Morgan fingerprint density at radius 2 is 1.69 bits per heavy atom. The smallest absolute Gasteiger partial charge is 0.324 e. The number of rotatable bonds is 8. The lowest BCUT2D eigenvalue weighted by Crippen LogP contribution is -2.62. The van der Waals surface area contributed by atoms with Crippen molar-refractivity contribution in [2.45, 2.75) is 69.9 Å². The van der Waals surface area contributed by atoms with Gasteiger partial charge in [0.25, 0.3) is 5.91 Å². The summed E-state index contributed by atoms with van der Waals surface area (Å²) in [7, 11) is 0. The topological polar surface area (TPSA) is 112 Å². The van der Waals surface area contributed by atoms with Crippen LogP contribution in [-0.4, -0.2) is 32.7 Å². The summed E-state index contributed by atoms with van der Waals surface area (Å²) >= 11 is 0. The lowest BCUT2D eigenvalue weighted by atomic mass is 9.67. The van der Waals surface area contributed by atoms with Gasteiger partial charge in [-0.1, -0.05) is 38.2 Å². The van der Waals surface area contributed by atoms with Gasteiger partial charge in [0.2, 0.25) is 0 Å². The predicted molar refractivity (Wildman–Crippen MR) is 109 cm³/mol. The maximum atomic E-state index is 12.6. The zero-order valence-corrected chi connectivity index (χ0v) is 16.8. The van der Waals surface area contributed by atoms with E-state index in [0.29, 0.717) is 6.54 Å². The van der Waals surface area contributed by atoms with E-state index in [4.69, 9.17) is 5.21 Å². The van der Waals surface area contributed by atoms with Gasteiger partial charge in [0, 0.05) is 18.8 Å². The van der Waals surface area contributed by atoms with Crippen LogP contribution in [0.25, 0.3) is 6.08 Å². The Kier molecular flexibility index (Phi) is 7.39. The molecule has 2 fully saturated rings. The highest BCUT2D eigenvalue weighted by atomic mass is 16.5. The number of carbonyl (C=O) groups is 2. The van der Waals surface area contributed by atoms with Gasteiger partial charge < -0.3 is 5.11 Å². The zero-order valence-electron chi connectivity index (χ0n) is 16.8. The van der Waals surface area contributed by atoms with E-state index in [1.54, 1.807) is 17.8 Å². The van der Waals surface area contributed by atoms with Crippen molar-refractivity contribution >= 4 is 18.0 Å². The van der Waals surface area contributed by atoms with Gasteiger partial charge >= 0.3 is 5.97 Å². The van der Waals surface area contributed by atoms with E-state index in [0.717, 1.165) is 62.6 Å². The Hall–Kier alpha value is -2.25. The maximum absolute atomic E-state index is 12.6. The quantitative estimate of drug-likeness (QED) is 0.302. The molecule has 0 spiro atoms. The summed E-state index contributed by atoms with van der Waals surface area (Å²) in [6.45, 7) is 0.403. The van der Waals surface area contributed by atoms with E-state index in [1.807, 2.05) is 12.1 Å². The second-order valence-electron chi connectivity index (χ2n) is 8.24. The number of amides is 1. The molecule has 2 saturated carbocycles. The fourth-order valence-electron chi connectivity index (χ4n) is 5.07. The van der Waals surface area contributed by atoms with Crippen LogP contribution in [0.15, 0.2) is 24.4 Å². The number of carbonyl (C=O) groups excluding carboxylic acids is 1. The van der Waals surface area contributed by atoms with Crippen LogP contribution >= 0.6 is 0 Å². The summed E-state index contributed by atoms with van der Waals surface area (Å²) in [5.74, 6) is -0.991. The molecule has 3 rings (SSSR count). The van der Waals surface area contributed by atoms with E-state index < -0.39 is 17.4 Å². The van der Waals surface area contributed by atoms with Crippen LogP contribution in [0.4, 0.5) is 0 Å². The molecule has 1 aromatic rings.